The summed E-state index contributed by atoms with van der Waals surface area (Å²) in [4.78, 5) is 0.0788. The molecule has 0 amide bonds. The molecule has 0 heterocycles. The Labute approximate surface area is 133 Å². The van der Waals surface area contributed by atoms with Gasteiger partial charge in [-0.3, -0.25) is 10.6 Å². The fourth-order valence-corrected chi connectivity index (χ4v) is 3.34. The molecule has 0 atom stereocenters. The molecule has 0 saturated heterocycles. The summed E-state index contributed by atoms with van der Waals surface area (Å²) in [5.74, 6) is 5.24. The molecule has 0 aliphatic rings. The Kier molecular flexibility index (Phi) is 4.63. The Morgan fingerprint density at radius 3 is 2.24 bits per heavy atom. The zero-order valence-corrected chi connectivity index (χ0v) is 13.4. The van der Waals surface area contributed by atoms with Gasteiger partial charge in [0, 0.05) is 5.69 Å². The molecule has 2 rings (SSSR count). The van der Waals surface area contributed by atoms with Gasteiger partial charge in [-0.1, -0.05) is 29.3 Å². The lowest BCUT2D eigenvalue weighted by Crippen LogP contribution is -2.14. The van der Waals surface area contributed by atoms with Gasteiger partial charge in [-0.25, -0.2) is 8.42 Å². The molecule has 0 radical (unpaired) electrons. The first-order valence-corrected chi connectivity index (χ1v) is 8.13. The van der Waals surface area contributed by atoms with Gasteiger partial charge in [0.15, 0.2) is 0 Å². The minimum absolute atomic E-state index is 0.0788. The van der Waals surface area contributed by atoms with Gasteiger partial charge in [0.2, 0.25) is 0 Å². The monoisotopic (exact) mass is 345 g/mol. The lowest BCUT2D eigenvalue weighted by Gasteiger charge is -2.13. The van der Waals surface area contributed by atoms with E-state index in [2.05, 4.69) is 10.1 Å². The number of hydrogen-bond acceptors (Lipinski definition) is 4. The van der Waals surface area contributed by atoms with Crippen molar-refractivity contribution in [2.24, 2.45) is 5.84 Å². The van der Waals surface area contributed by atoms with Crippen molar-refractivity contribution in [3.8, 4) is 0 Å². The first-order chi connectivity index (χ1) is 9.85. The van der Waals surface area contributed by atoms with Crippen LogP contribution in [-0.2, 0) is 10.0 Å². The van der Waals surface area contributed by atoms with Crippen LogP contribution in [0.1, 0.15) is 5.56 Å². The van der Waals surface area contributed by atoms with Crippen LogP contribution in [0.3, 0.4) is 0 Å². The predicted molar refractivity (Wildman–Crippen MR) is 86.3 cm³/mol. The summed E-state index contributed by atoms with van der Waals surface area (Å²) in [7, 11) is -3.79. The minimum atomic E-state index is -3.79. The second-order valence-corrected chi connectivity index (χ2v) is 6.80. The second-order valence-electron chi connectivity index (χ2n) is 4.33. The summed E-state index contributed by atoms with van der Waals surface area (Å²) < 4.78 is 27.1. The van der Waals surface area contributed by atoms with Crippen LogP contribution < -0.4 is 16.0 Å². The number of hydrogen-bond donors (Lipinski definition) is 3. The fourth-order valence-electron chi connectivity index (χ4n) is 1.67. The van der Waals surface area contributed by atoms with Crippen molar-refractivity contribution in [3.05, 3.63) is 52.0 Å². The molecule has 0 aliphatic carbocycles. The van der Waals surface area contributed by atoms with E-state index in [9.17, 15) is 8.42 Å². The molecule has 5 nitrogen and oxygen atoms in total. The predicted octanol–water partition coefficient (Wildman–Crippen LogP) is 3.39. The number of anilines is 2. The van der Waals surface area contributed by atoms with E-state index < -0.39 is 10.0 Å². The Hall–Kier alpha value is -1.47. The molecule has 0 aliphatic heterocycles. The highest BCUT2D eigenvalue weighted by Gasteiger charge is 2.18. The number of halogens is 2. The van der Waals surface area contributed by atoms with Crippen molar-refractivity contribution in [1.29, 1.82) is 0 Å². The van der Waals surface area contributed by atoms with E-state index in [4.69, 9.17) is 29.0 Å². The third kappa shape index (κ3) is 3.41. The molecule has 2 aromatic carbocycles. The zero-order valence-electron chi connectivity index (χ0n) is 11.0. The van der Waals surface area contributed by atoms with E-state index in [0.29, 0.717) is 5.69 Å². The van der Waals surface area contributed by atoms with Crippen molar-refractivity contribution < 1.29 is 8.42 Å². The normalized spacial score (nSPS) is 11.2. The van der Waals surface area contributed by atoms with Crippen LogP contribution in [0.4, 0.5) is 11.4 Å². The molecule has 0 aromatic heterocycles. The fraction of sp³-hybridized carbons (Fsp3) is 0.0769. The molecular weight excluding hydrogens is 333 g/mol. The largest absolute Gasteiger partial charge is 0.324 e. The number of rotatable bonds is 4. The minimum Gasteiger partial charge on any atom is -0.324 e. The summed E-state index contributed by atoms with van der Waals surface area (Å²) in [5.41, 5.74) is 3.91. The van der Waals surface area contributed by atoms with E-state index in [1.807, 2.05) is 0 Å². The van der Waals surface area contributed by atoms with Crippen molar-refractivity contribution in [2.75, 3.05) is 10.1 Å². The molecule has 0 fully saturated rings. The summed E-state index contributed by atoms with van der Waals surface area (Å²) in [6.45, 7) is 1.76. The molecule has 21 heavy (non-hydrogen) atoms. The Bertz CT molecular complexity index is 762. The topological polar surface area (TPSA) is 84.2 Å². The summed E-state index contributed by atoms with van der Waals surface area (Å²) in [5, 5.41) is 0.501. The van der Waals surface area contributed by atoms with Crippen molar-refractivity contribution in [3.63, 3.8) is 0 Å². The molecule has 0 spiro atoms. The van der Waals surface area contributed by atoms with Gasteiger partial charge in [-0.15, -0.1) is 0 Å². The van der Waals surface area contributed by atoms with Gasteiger partial charge in [0.25, 0.3) is 10.0 Å². The van der Waals surface area contributed by atoms with Gasteiger partial charge in [0.1, 0.15) is 0 Å². The Morgan fingerprint density at radius 1 is 1.05 bits per heavy atom. The van der Waals surface area contributed by atoms with Crippen molar-refractivity contribution >= 4 is 44.6 Å². The van der Waals surface area contributed by atoms with Gasteiger partial charge >= 0.3 is 0 Å². The molecule has 8 heteroatoms. The quantitative estimate of drug-likeness (QED) is 0.585. The average Bonchev–Trinajstić information content (AvgIpc) is 2.48. The van der Waals surface area contributed by atoms with Crippen LogP contribution in [0.15, 0.2) is 41.3 Å². The number of sulfonamides is 1. The molecular formula is C13H13Cl2N3O2S. The van der Waals surface area contributed by atoms with E-state index in [1.165, 1.54) is 12.1 Å². The van der Waals surface area contributed by atoms with Gasteiger partial charge in [-0.05, 0) is 42.8 Å². The summed E-state index contributed by atoms with van der Waals surface area (Å²) in [6, 6.07) is 9.25. The number of benzene rings is 2. The summed E-state index contributed by atoms with van der Waals surface area (Å²) in [6.07, 6.45) is 0. The Balaban J connectivity index is 2.39. The molecule has 112 valence electrons. The highest BCUT2D eigenvalue weighted by atomic mass is 35.5. The maximum Gasteiger partial charge on any atom is 0.261 e. The van der Waals surface area contributed by atoms with Gasteiger partial charge < -0.3 is 5.43 Å². The molecule has 0 bridgehead atoms. The molecule has 0 saturated carbocycles. The SMILES string of the molecule is Cc1ccc(Cl)c(NS(=O)(=O)c2ccc(NN)cc2)c1Cl. The van der Waals surface area contributed by atoms with Crippen LogP contribution in [0.2, 0.25) is 10.0 Å². The maximum absolute atomic E-state index is 12.3. The lowest BCUT2D eigenvalue weighted by molar-refractivity contribution is 0.601. The first kappa shape index (κ1) is 15.9. The van der Waals surface area contributed by atoms with Crippen LogP contribution >= 0.6 is 23.2 Å². The van der Waals surface area contributed by atoms with E-state index in [0.717, 1.165) is 5.56 Å². The standard InChI is InChI=1S/C13H13Cl2N3O2S/c1-8-2-7-11(14)13(12(8)15)18-21(19,20)10-5-3-9(17-16)4-6-10/h2-7,17-18H,16H2,1H3. The summed E-state index contributed by atoms with van der Waals surface area (Å²) >= 11 is 12.1. The van der Waals surface area contributed by atoms with E-state index in [-0.39, 0.29) is 20.6 Å². The number of aryl methyl sites for hydroxylation is 1. The average molecular weight is 346 g/mol. The highest BCUT2D eigenvalue weighted by molar-refractivity contribution is 7.92. The number of nitrogen functional groups attached to an aromatic ring is 1. The van der Waals surface area contributed by atoms with Gasteiger partial charge in [0.05, 0.1) is 20.6 Å². The van der Waals surface area contributed by atoms with E-state index >= 15 is 0 Å². The van der Waals surface area contributed by atoms with Crippen molar-refractivity contribution in [1.82, 2.24) is 0 Å². The number of nitrogens with two attached hydrogens (primary N) is 1. The van der Waals surface area contributed by atoms with E-state index in [1.54, 1.807) is 31.2 Å². The molecule has 2 aromatic rings. The van der Waals surface area contributed by atoms with Crippen LogP contribution in [0.5, 0.6) is 0 Å². The van der Waals surface area contributed by atoms with Gasteiger partial charge in [-0.2, -0.15) is 0 Å². The first-order valence-electron chi connectivity index (χ1n) is 5.89. The third-order valence-corrected chi connectivity index (χ3v) is 5.02. The number of hydrazine groups is 1. The number of nitrogens with one attached hydrogen (secondary N) is 2. The Morgan fingerprint density at radius 2 is 1.67 bits per heavy atom. The molecule has 0 unspecified atom stereocenters. The van der Waals surface area contributed by atoms with Crippen LogP contribution in [-0.4, -0.2) is 8.42 Å². The highest BCUT2D eigenvalue weighted by Crippen LogP contribution is 2.34. The smallest absolute Gasteiger partial charge is 0.261 e. The van der Waals surface area contributed by atoms with Crippen molar-refractivity contribution in [2.45, 2.75) is 11.8 Å². The zero-order chi connectivity index (χ0) is 15.6. The maximum atomic E-state index is 12.3. The van der Waals surface area contributed by atoms with Crippen LogP contribution in [0.25, 0.3) is 0 Å². The van der Waals surface area contributed by atoms with Crippen LogP contribution in [0, 0.1) is 6.92 Å². The lowest BCUT2D eigenvalue weighted by atomic mass is 10.2. The third-order valence-electron chi connectivity index (χ3n) is 2.85. The molecule has 4 N–H and O–H groups in total. The second kappa shape index (κ2) is 6.11.